The van der Waals surface area contributed by atoms with E-state index in [4.69, 9.17) is 0 Å². The number of hydrogen-bond donors (Lipinski definition) is 1. The van der Waals surface area contributed by atoms with Gasteiger partial charge in [0.15, 0.2) is 0 Å². The number of anilines is 1. The highest BCUT2D eigenvalue weighted by molar-refractivity contribution is 9.10. The van der Waals surface area contributed by atoms with E-state index < -0.39 is 0 Å². The normalized spacial score (nSPS) is 10.3. The summed E-state index contributed by atoms with van der Waals surface area (Å²) in [6.45, 7) is 2.79. The van der Waals surface area contributed by atoms with Crippen molar-refractivity contribution in [2.75, 3.05) is 5.32 Å². The molecule has 0 atom stereocenters. The second-order valence-electron chi connectivity index (χ2n) is 3.16. The fourth-order valence-corrected chi connectivity index (χ4v) is 2.06. The highest BCUT2D eigenvalue weighted by atomic mass is 79.9. The molecule has 0 aliphatic carbocycles. The summed E-state index contributed by atoms with van der Waals surface area (Å²) in [5.41, 5.74) is 3.30. The Morgan fingerprint density at radius 3 is 3.07 bits per heavy atom. The maximum Gasteiger partial charge on any atom is 0.0946 e. The van der Waals surface area contributed by atoms with Crippen molar-refractivity contribution in [1.82, 2.24) is 9.59 Å². The number of nitrogens with one attached hydrogen (secondary N) is 1. The maximum atomic E-state index is 3.98. The number of halogens is 1. The zero-order valence-corrected chi connectivity index (χ0v) is 10.6. The molecule has 0 aliphatic rings. The molecule has 3 nitrogen and oxygen atoms in total. The van der Waals surface area contributed by atoms with E-state index in [1.54, 1.807) is 0 Å². The van der Waals surface area contributed by atoms with Crippen LogP contribution in [0.25, 0.3) is 0 Å². The molecule has 15 heavy (non-hydrogen) atoms. The molecule has 1 aromatic heterocycles. The molecular weight excluding hydrogens is 274 g/mol. The first-order chi connectivity index (χ1) is 7.27. The van der Waals surface area contributed by atoms with Crippen LogP contribution in [0, 0.1) is 6.92 Å². The molecule has 1 aromatic carbocycles. The predicted molar refractivity (Wildman–Crippen MR) is 66.1 cm³/mol. The van der Waals surface area contributed by atoms with Crippen LogP contribution >= 0.6 is 27.5 Å². The van der Waals surface area contributed by atoms with Crippen molar-refractivity contribution in [3.8, 4) is 0 Å². The summed E-state index contributed by atoms with van der Waals surface area (Å²) in [5.74, 6) is 0. The average Bonchev–Trinajstić information content (AvgIpc) is 2.73. The van der Waals surface area contributed by atoms with Gasteiger partial charge in [-0.05, 0) is 36.2 Å². The van der Waals surface area contributed by atoms with E-state index in [2.05, 4.69) is 43.8 Å². The lowest BCUT2D eigenvalue weighted by atomic mass is 10.2. The molecule has 2 aromatic rings. The third-order valence-electron chi connectivity index (χ3n) is 2.13. The smallest absolute Gasteiger partial charge is 0.0946 e. The van der Waals surface area contributed by atoms with Gasteiger partial charge in [0.2, 0.25) is 0 Å². The van der Waals surface area contributed by atoms with Gasteiger partial charge in [-0.25, -0.2) is 0 Å². The molecule has 0 saturated heterocycles. The zero-order valence-electron chi connectivity index (χ0n) is 8.20. The van der Waals surface area contributed by atoms with Crippen molar-refractivity contribution < 1.29 is 0 Å². The van der Waals surface area contributed by atoms with Gasteiger partial charge in [0.05, 0.1) is 12.2 Å². The van der Waals surface area contributed by atoms with Gasteiger partial charge in [-0.2, -0.15) is 0 Å². The fraction of sp³-hybridized carbons (Fsp3) is 0.200. The predicted octanol–water partition coefficient (Wildman–Crippen LogP) is 3.22. The van der Waals surface area contributed by atoms with Gasteiger partial charge in [0, 0.05) is 15.5 Å². The molecule has 1 heterocycles. The molecule has 2 rings (SSSR count). The minimum atomic E-state index is 0.716. The van der Waals surface area contributed by atoms with Crippen LogP contribution in [-0.2, 0) is 6.54 Å². The van der Waals surface area contributed by atoms with E-state index >= 15 is 0 Å². The molecule has 0 radical (unpaired) electrons. The van der Waals surface area contributed by atoms with Gasteiger partial charge >= 0.3 is 0 Å². The van der Waals surface area contributed by atoms with Crippen molar-refractivity contribution >= 4 is 33.1 Å². The van der Waals surface area contributed by atoms with E-state index in [9.17, 15) is 0 Å². The van der Waals surface area contributed by atoms with E-state index in [1.165, 1.54) is 17.1 Å². The number of benzene rings is 1. The van der Waals surface area contributed by atoms with Crippen molar-refractivity contribution in [1.29, 1.82) is 0 Å². The molecule has 0 spiro atoms. The van der Waals surface area contributed by atoms with Gasteiger partial charge in [0.25, 0.3) is 0 Å². The summed E-state index contributed by atoms with van der Waals surface area (Å²) in [6.07, 6.45) is 0. The first-order valence-corrected chi connectivity index (χ1v) is 6.15. The molecule has 0 fully saturated rings. The molecule has 78 valence electrons. The van der Waals surface area contributed by atoms with E-state index in [1.807, 2.05) is 17.5 Å². The SMILES string of the molecule is Cc1c(Br)cccc1NCc1csnn1. The van der Waals surface area contributed by atoms with Crippen LogP contribution in [-0.4, -0.2) is 9.59 Å². The van der Waals surface area contributed by atoms with Crippen LogP contribution in [0.4, 0.5) is 5.69 Å². The van der Waals surface area contributed by atoms with E-state index in [-0.39, 0.29) is 0 Å². The van der Waals surface area contributed by atoms with E-state index in [0.29, 0.717) is 6.54 Å². The van der Waals surface area contributed by atoms with Gasteiger partial charge < -0.3 is 5.32 Å². The maximum absolute atomic E-state index is 3.98. The van der Waals surface area contributed by atoms with Crippen LogP contribution < -0.4 is 5.32 Å². The average molecular weight is 284 g/mol. The van der Waals surface area contributed by atoms with Gasteiger partial charge in [-0.1, -0.05) is 26.5 Å². The second-order valence-corrected chi connectivity index (χ2v) is 4.63. The van der Waals surface area contributed by atoms with Crippen LogP contribution in [0.2, 0.25) is 0 Å². The molecule has 0 bridgehead atoms. The number of nitrogens with zero attached hydrogens (tertiary/aromatic N) is 2. The summed E-state index contributed by atoms with van der Waals surface area (Å²) in [6, 6.07) is 6.10. The Bertz CT molecular complexity index is 442. The highest BCUT2D eigenvalue weighted by Crippen LogP contribution is 2.23. The Kier molecular flexibility index (Phi) is 3.33. The largest absolute Gasteiger partial charge is 0.379 e. The molecule has 0 amide bonds. The monoisotopic (exact) mass is 283 g/mol. The second kappa shape index (κ2) is 4.72. The Balaban J connectivity index is 2.08. The topological polar surface area (TPSA) is 37.8 Å². The summed E-state index contributed by atoms with van der Waals surface area (Å²) < 4.78 is 4.93. The van der Waals surface area contributed by atoms with E-state index in [0.717, 1.165) is 15.9 Å². The Morgan fingerprint density at radius 1 is 1.47 bits per heavy atom. The summed E-state index contributed by atoms with van der Waals surface area (Å²) in [7, 11) is 0. The Morgan fingerprint density at radius 2 is 2.33 bits per heavy atom. The highest BCUT2D eigenvalue weighted by Gasteiger charge is 2.02. The third kappa shape index (κ3) is 2.54. The molecule has 0 aliphatic heterocycles. The number of aromatic nitrogens is 2. The summed E-state index contributed by atoms with van der Waals surface area (Å²) in [5, 5.41) is 9.25. The molecule has 1 N–H and O–H groups in total. The molecular formula is C10H10BrN3S. The first-order valence-electron chi connectivity index (χ1n) is 4.52. The van der Waals surface area contributed by atoms with Crippen LogP contribution in [0.5, 0.6) is 0 Å². The zero-order chi connectivity index (χ0) is 10.7. The van der Waals surface area contributed by atoms with Gasteiger partial charge in [0.1, 0.15) is 0 Å². The van der Waals surface area contributed by atoms with Crippen LogP contribution in [0.1, 0.15) is 11.3 Å². The number of rotatable bonds is 3. The minimum Gasteiger partial charge on any atom is -0.379 e. The van der Waals surface area contributed by atoms with Crippen LogP contribution in [0.3, 0.4) is 0 Å². The standard InChI is InChI=1S/C10H10BrN3S/c1-7-9(11)3-2-4-10(7)12-5-8-6-15-14-13-8/h2-4,6,12H,5H2,1H3. The van der Waals surface area contributed by atoms with Crippen molar-refractivity contribution in [3.63, 3.8) is 0 Å². The molecule has 0 saturated carbocycles. The van der Waals surface area contributed by atoms with Crippen molar-refractivity contribution in [2.45, 2.75) is 13.5 Å². The molecule has 5 heteroatoms. The van der Waals surface area contributed by atoms with Crippen LogP contribution in [0.15, 0.2) is 28.1 Å². The summed E-state index contributed by atoms with van der Waals surface area (Å²) >= 11 is 4.87. The third-order valence-corrected chi connectivity index (χ3v) is 3.55. The van der Waals surface area contributed by atoms with Crippen molar-refractivity contribution in [3.05, 3.63) is 39.3 Å². The lowest BCUT2D eigenvalue weighted by Crippen LogP contribution is -2.01. The summed E-state index contributed by atoms with van der Waals surface area (Å²) in [4.78, 5) is 0. The van der Waals surface area contributed by atoms with Gasteiger partial charge in [-0.15, -0.1) is 5.10 Å². The van der Waals surface area contributed by atoms with Gasteiger partial charge in [-0.3, -0.25) is 0 Å². The number of hydrogen-bond acceptors (Lipinski definition) is 4. The molecule has 0 unspecified atom stereocenters. The fourth-order valence-electron chi connectivity index (χ4n) is 1.25. The minimum absolute atomic E-state index is 0.716. The lowest BCUT2D eigenvalue weighted by Gasteiger charge is -2.08. The first kappa shape index (κ1) is 10.6. The lowest BCUT2D eigenvalue weighted by molar-refractivity contribution is 0.996. The Labute approximate surface area is 101 Å². The van der Waals surface area contributed by atoms with Crippen molar-refractivity contribution in [2.24, 2.45) is 0 Å². The quantitative estimate of drug-likeness (QED) is 0.940. The Hall–Kier alpha value is -0.940.